The second kappa shape index (κ2) is 3.44. The van der Waals surface area contributed by atoms with E-state index >= 15 is 0 Å². The Morgan fingerprint density at radius 3 is 3.00 bits per heavy atom. The van der Waals surface area contributed by atoms with Crippen LogP contribution in [-0.4, -0.2) is 26.0 Å². The van der Waals surface area contributed by atoms with Crippen LogP contribution in [0.25, 0.3) is 22.4 Å². The van der Waals surface area contributed by atoms with Gasteiger partial charge in [-0.1, -0.05) is 6.07 Å². The maximum absolute atomic E-state index is 10.7. The minimum atomic E-state index is -1.09. The molecule has 0 aliphatic heterocycles. The van der Waals surface area contributed by atoms with E-state index in [1.807, 2.05) is 6.07 Å². The molecular formula is C11H7N3O3. The maximum atomic E-state index is 10.7. The summed E-state index contributed by atoms with van der Waals surface area (Å²) in [7, 11) is 0. The van der Waals surface area contributed by atoms with Gasteiger partial charge in [-0.25, -0.2) is 14.8 Å². The Morgan fingerprint density at radius 1 is 1.35 bits per heavy atom. The van der Waals surface area contributed by atoms with E-state index < -0.39 is 5.97 Å². The monoisotopic (exact) mass is 229 g/mol. The van der Waals surface area contributed by atoms with Crippen molar-refractivity contribution in [3.8, 4) is 11.3 Å². The second-order valence-electron chi connectivity index (χ2n) is 3.49. The number of imidazole rings is 1. The largest absolute Gasteiger partial charge is 0.475 e. The molecule has 0 atom stereocenters. The molecule has 0 saturated carbocycles. The molecule has 1 aromatic carbocycles. The summed E-state index contributed by atoms with van der Waals surface area (Å²) in [5, 5.41) is 8.76. The fourth-order valence-corrected chi connectivity index (χ4v) is 1.60. The number of nitrogens with zero attached hydrogens (tertiary/aromatic N) is 2. The maximum Gasteiger partial charge on any atom is 0.371 e. The highest BCUT2D eigenvalue weighted by molar-refractivity contribution is 5.85. The van der Waals surface area contributed by atoms with Gasteiger partial charge in [0.25, 0.3) is 0 Å². The van der Waals surface area contributed by atoms with Crippen LogP contribution in [0.2, 0.25) is 0 Å². The molecule has 2 heterocycles. The van der Waals surface area contributed by atoms with E-state index in [0.717, 1.165) is 11.1 Å². The number of aromatic carboxylic acids is 1. The number of aromatic amines is 1. The lowest BCUT2D eigenvalue weighted by Crippen LogP contribution is -1.98. The van der Waals surface area contributed by atoms with Crippen LogP contribution in [0.5, 0.6) is 0 Å². The number of nitrogens with one attached hydrogen (secondary N) is 1. The lowest BCUT2D eigenvalue weighted by molar-refractivity contribution is 0.0685. The number of aromatic nitrogens is 3. The minimum Gasteiger partial charge on any atom is -0.475 e. The Morgan fingerprint density at radius 2 is 2.24 bits per heavy atom. The third-order valence-corrected chi connectivity index (χ3v) is 2.42. The number of rotatable bonds is 2. The molecule has 0 amide bonds. The van der Waals surface area contributed by atoms with E-state index in [-0.39, 0.29) is 5.82 Å². The predicted octanol–water partition coefficient (Wildman–Crippen LogP) is 1.92. The fourth-order valence-electron chi connectivity index (χ4n) is 1.60. The first kappa shape index (κ1) is 9.59. The van der Waals surface area contributed by atoms with E-state index in [2.05, 4.69) is 15.0 Å². The molecule has 2 N–H and O–H groups in total. The zero-order valence-electron chi connectivity index (χ0n) is 8.54. The average Bonchev–Trinajstić information content (AvgIpc) is 2.97. The first-order chi connectivity index (χ1) is 8.24. The number of benzene rings is 1. The zero-order valence-corrected chi connectivity index (χ0v) is 8.54. The number of carbonyl (C=O) groups is 1. The van der Waals surface area contributed by atoms with Gasteiger partial charge in [0.15, 0.2) is 12.0 Å². The lowest BCUT2D eigenvalue weighted by Gasteiger charge is -1.95. The van der Waals surface area contributed by atoms with Crippen molar-refractivity contribution in [2.24, 2.45) is 0 Å². The lowest BCUT2D eigenvalue weighted by atomic mass is 10.1. The van der Waals surface area contributed by atoms with Crippen LogP contribution in [0.3, 0.4) is 0 Å². The highest BCUT2D eigenvalue weighted by atomic mass is 16.4. The second-order valence-corrected chi connectivity index (χ2v) is 3.49. The summed E-state index contributed by atoms with van der Waals surface area (Å²) in [6, 6.07) is 5.40. The highest BCUT2D eigenvalue weighted by Crippen LogP contribution is 2.22. The molecule has 3 rings (SSSR count). The van der Waals surface area contributed by atoms with Gasteiger partial charge in [0, 0.05) is 5.56 Å². The summed E-state index contributed by atoms with van der Waals surface area (Å²) < 4.78 is 5.17. The number of fused-ring (bicyclic) bond motifs is 1. The van der Waals surface area contributed by atoms with Gasteiger partial charge < -0.3 is 14.5 Å². The average molecular weight is 229 g/mol. The molecule has 0 bridgehead atoms. The summed E-state index contributed by atoms with van der Waals surface area (Å²) >= 11 is 0. The standard InChI is InChI=1S/C11H7N3O3/c15-11(16)10-12-4-8(14-10)6-1-2-7-9(3-6)17-5-13-7/h1-5H,(H,12,14)(H,15,16). The summed E-state index contributed by atoms with van der Waals surface area (Å²) in [5.74, 6) is -1.17. The normalized spacial score (nSPS) is 10.8. The van der Waals surface area contributed by atoms with Gasteiger partial charge in [0.1, 0.15) is 5.52 Å². The Labute approximate surface area is 94.9 Å². The number of H-pyrrole nitrogens is 1. The van der Waals surface area contributed by atoms with Gasteiger partial charge in [-0.15, -0.1) is 0 Å². The zero-order chi connectivity index (χ0) is 11.8. The number of hydrogen-bond acceptors (Lipinski definition) is 4. The van der Waals surface area contributed by atoms with Crippen LogP contribution in [0, 0.1) is 0 Å². The Hall–Kier alpha value is -2.63. The first-order valence-corrected chi connectivity index (χ1v) is 4.86. The Balaban J connectivity index is 2.09. The van der Waals surface area contributed by atoms with Crippen molar-refractivity contribution in [3.63, 3.8) is 0 Å². The number of hydrogen-bond donors (Lipinski definition) is 2. The van der Waals surface area contributed by atoms with Gasteiger partial charge in [0.2, 0.25) is 5.82 Å². The summed E-state index contributed by atoms with van der Waals surface area (Å²) in [6.45, 7) is 0. The van der Waals surface area contributed by atoms with Crippen molar-refractivity contribution >= 4 is 17.1 Å². The number of carboxylic acid groups (broad SMARTS) is 1. The van der Waals surface area contributed by atoms with Crippen molar-refractivity contribution in [3.05, 3.63) is 36.6 Å². The molecule has 2 aromatic heterocycles. The van der Waals surface area contributed by atoms with Crippen LogP contribution in [0.15, 0.2) is 35.2 Å². The molecule has 0 spiro atoms. The van der Waals surface area contributed by atoms with Crippen LogP contribution in [0.4, 0.5) is 0 Å². The van der Waals surface area contributed by atoms with Crippen LogP contribution < -0.4 is 0 Å². The molecular weight excluding hydrogens is 222 g/mol. The summed E-state index contributed by atoms with van der Waals surface area (Å²) in [4.78, 5) is 21.2. The fraction of sp³-hybridized carbons (Fsp3) is 0. The number of oxazole rings is 1. The molecule has 84 valence electrons. The van der Waals surface area contributed by atoms with E-state index in [0.29, 0.717) is 11.3 Å². The number of carboxylic acids is 1. The molecule has 6 heteroatoms. The molecule has 17 heavy (non-hydrogen) atoms. The molecule has 0 saturated heterocycles. The first-order valence-electron chi connectivity index (χ1n) is 4.86. The van der Waals surface area contributed by atoms with Crippen LogP contribution in [-0.2, 0) is 0 Å². The molecule has 0 fully saturated rings. The quantitative estimate of drug-likeness (QED) is 0.700. The Kier molecular flexibility index (Phi) is 1.94. The molecule has 3 aromatic rings. The molecule has 6 nitrogen and oxygen atoms in total. The molecule has 0 unspecified atom stereocenters. The van der Waals surface area contributed by atoms with Crippen LogP contribution >= 0.6 is 0 Å². The van der Waals surface area contributed by atoms with Gasteiger partial charge >= 0.3 is 5.97 Å². The third-order valence-electron chi connectivity index (χ3n) is 2.42. The van der Waals surface area contributed by atoms with Gasteiger partial charge in [-0.05, 0) is 12.1 Å². The molecule has 0 aliphatic carbocycles. The van der Waals surface area contributed by atoms with Gasteiger partial charge in [0.05, 0.1) is 11.9 Å². The predicted molar refractivity (Wildman–Crippen MR) is 58.6 cm³/mol. The van der Waals surface area contributed by atoms with E-state index in [4.69, 9.17) is 9.52 Å². The minimum absolute atomic E-state index is 0.0855. The smallest absolute Gasteiger partial charge is 0.371 e. The van der Waals surface area contributed by atoms with Crippen LogP contribution in [0.1, 0.15) is 10.6 Å². The molecule has 0 aliphatic rings. The van der Waals surface area contributed by atoms with Gasteiger partial charge in [-0.2, -0.15) is 0 Å². The highest BCUT2D eigenvalue weighted by Gasteiger charge is 2.10. The van der Waals surface area contributed by atoms with Crippen molar-refractivity contribution in [2.75, 3.05) is 0 Å². The summed E-state index contributed by atoms with van der Waals surface area (Å²) in [6.07, 6.45) is 2.84. The van der Waals surface area contributed by atoms with Crippen molar-refractivity contribution < 1.29 is 14.3 Å². The van der Waals surface area contributed by atoms with E-state index in [9.17, 15) is 4.79 Å². The van der Waals surface area contributed by atoms with Crippen molar-refractivity contribution in [1.29, 1.82) is 0 Å². The van der Waals surface area contributed by atoms with E-state index in [1.54, 1.807) is 12.1 Å². The topological polar surface area (TPSA) is 92.0 Å². The third kappa shape index (κ3) is 1.55. The molecule has 0 radical (unpaired) electrons. The Bertz CT molecular complexity index is 699. The van der Waals surface area contributed by atoms with Crippen molar-refractivity contribution in [2.45, 2.75) is 0 Å². The van der Waals surface area contributed by atoms with Crippen molar-refractivity contribution in [1.82, 2.24) is 15.0 Å². The van der Waals surface area contributed by atoms with Gasteiger partial charge in [-0.3, -0.25) is 0 Å². The SMILES string of the molecule is O=C(O)c1ncc(-c2ccc3ncoc3c2)[nH]1. The van der Waals surface area contributed by atoms with E-state index in [1.165, 1.54) is 12.6 Å². The summed E-state index contributed by atoms with van der Waals surface area (Å²) in [5.41, 5.74) is 2.83.